The average molecular weight is 399 g/mol. The van der Waals surface area contributed by atoms with Gasteiger partial charge in [-0.1, -0.05) is 30.0 Å². The molecular weight excluding hydrogens is 376 g/mol. The first kappa shape index (κ1) is 18.3. The highest BCUT2D eigenvalue weighted by Gasteiger charge is 2.22. The van der Waals surface area contributed by atoms with E-state index in [9.17, 15) is 4.79 Å². The van der Waals surface area contributed by atoms with E-state index in [4.69, 9.17) is 9.72 Å². The van der Waals surface area contributed by atoms with Gasteiger partial charge in [0.1, 0.15) is 10.6 Å². The molecule has 6 heteroatoms. The number of aromatic nitrogens is 2. The van der Waals surface area contributed by atoms with Crippen LogP contribution >= 0.6 is 23.1 Å². The fraction of sp³-hybridized carbons (Fsp3) is 0.333. The van der Waals surface area contributed by atoms with E-state index in [2.05, 4.69) is 12.6 Å². The molecule has 0 atom stereocenters. The average Bonchev–Trinajstić information content (AvgIpc) is 3.07. The Morgan fingerprint density at radius 3 is 3.04 bits per heavy atom. The predicted molar refractivity (Wildman–Crippen MR) is 113 cm³/mol. The number of fused-ring (bicyclic) bond motifs is 3. The number of benzene rings is 1. The largest absolute Gasteiger partial charge is 0.497 e. The number of ether oxygens (including phenoxy) is 1. The minimum atomic E-state index is 0.0763. The summed E-state index contributed by atoms with van der Waals surface area (Å²) in [5.41, 5.74) is 2.46. The summed E-state index contributed by atoms with van der Waals surface area (Å²) in [5, 5.41) is 1.59. The Kier molecular flexibility index (Phi) is 5.36. The van der Waals surface area contributed by atoms with Crippen molar-refractivity contribution in [2.24, 2.45) is 0 Å². The van der Waals surface area contributed by atoms with Crippen LogP contribution in [-0.4, -0.2) is 16.7 Å². The van der Waals surface area contributed by atoms with E-state index in [1.807, 2.05) is 18.2 Å². The molecule has 0 N–H and O–H groups in total. The van der Waals surface area contributed by atoms with E-state index in [1.165, 1.54) is 16.9 Å². The lowest BCUT2D eigenvalue weighted by Gasteiger charge is -2.12. The minimum absolute atomic E-state index is 0.0763. The van der Waals surface area contributed by atoms with E-state index < -0.39 is 0 Å². The number of aryl methyl sites for hydroxylation is 2. The number of thiophene rings is 1. The normalized spacial score (nSPS) is 13.5. The molecule has 1 aliphatic carbocycles. The zero-order chi connectivity index (χ0) is 18.8. The first-order valence-corrected chi connectivity index (χ1v) is 10.9. The summed E-state index contributed by atoms with van der Waals surface area (Å²) in [7, 11) is 1.67. The van der Waals surface area contributed by atoms with Crippen molar-refractivity contribution in [3.63, 3.8) is 0 Å². The lowest BCUT2D eigenvalue weighted by Crippen LogP contribution is -2.23. The fourth-order valence-electron chi connectivity index (χ4n) is 3.53. The third-order valence-corrected chi connectivity index (χ3v) is 7.09. The molecule has 0 saturated heterocycles. The van der Waals surface area contributed by atoms with Crippen LogP contribution in [0.2, 0.25) is 0 Å². The highest BCUT2D eigenvalue weighted by atomic mass is 32.2. The molecule has 0 aliphatic heterocycles. The Morgan fingerprint density at radius 2 is 2.22 bits per heavy atom. The number of thioether (sulfide) groups is 1. The van der Waals surface area contributed by atoms with Crippen molar-refractivity contribution in [1.82, 2.24) is 9.55 Å². The highest BCUT2D eigenvalue weighted by molar-refractivity contribution is 7.98. The molecule has 1 aromatic carbocycles. The summed E-state index contributed by atoms with van der Waals surface area (Å²) in [5.74, 6) is 1.57. The lowest BCUT2D eigenvalue weighted by molar-refractivity contribution is 0.414. The summed E-state index contributed by atoms with van der Waals surface area (Å²) in [4.78, 5) is 20.4. The molecule has 0 saturated carbocycles. The number of rotatable bonds is 6. The van der Waals surface area contributed by atoms with E-state index in [0.717, 1.165) is 51.7 Å². The van der Waals surface area contributed by atoms with Gasteiger partial charge in [0, 0.05) is 17.2 Å². The van der Waals surface area contributed by atoms with Gasteiger partial charge < -0.3 is 4.74 Å². The zero-order valence-corrected chi connectivity index (χ0v) is 17.0. The van der Waals surface area contributed by atoms with Crippen molar-refractivity contribution < 1.29 is 4.74 Å². The lowest BCUT2D eigenvalue weighted by atomic mass is 9.97. The van der Waals surface area contributed by atoms with Gasteiger partial charge in [-0.2, -0.15) is 0 Å². The molecule has 4 nitrogen and oxygen atoms in total. The molecule has 0 fully saturated rings. The second-order valence-electron chi connectivity index (χ2n) is 6.63. The molecule has 0 amide bonds. The molecule has 140 valence electrons. The fourth-order valence-corrected chi connectivity index (χ4v) is 5.78. The first-order chi connectivity index (χ1) is 13.2. The maximum Gasteiger partial charge on any atom is 0.263 e. The zero-order valence-electron chi connectivity index (χ0n) is 15.4. The first-order valence-electron chi connectivity index (χ1n) is 9.13. The van der Waals surface area contributed by atoms with Crippen LogP contribution in [0.1, 0.15) is 28.8 Å². The highest BCUT2D eigenvalue weighted by Crippen LogP contribution is 2.35. The van der Waals surface area contributed by atoms with Gasteiger partial charge in [-0.15, -0.1) is 17.9 Å². The van der Waals surface area contributed by atoms with Crippen LogP contribution in [0.15, 0.2) is 46.9 Å². The minimum Gasteiger partial charge on any atom is -0.497 e. The number of methoxy groups -OCH3 is 1. The SMILES string of the molecule is C=CCn1c(SCc2cccc(OC)c2)nc2sc3c(c2c1=O)CCCC3. The van der Waals surface area contributed by atoms with Gasteiger partial charge in [-0.25, -0.2) is 4.98 Å². The Morgan fingerprint density at radius 1 is 1.37 bits per heavy atom. The van der Waals surface area contributed by atoms with E-state index in [0.29, 0.717) is 6.54 Å². The van der Waals surface area contributed by atoms with Crippen molar-refractivity contribution in [2.75, 3.05) is 7.11 Å². The van der Waals surface area contributed by atoms with Gasteiger partial charge >= 0.3 is 0 Å². The Hall–Kier alpha value is -2.05. The second-order valence-corrected chi connectivity index (χ2v) is 8.66. The summed E-state index contributed by atoms with van der Waals surface area (Å²) in [6, 6.07) is 8.00. The van der Waals surface area contributed by atoms with Crippen LogP contribution < -0.4 is 10.3 Å². The van der Waals surface area contributed by atoms with Gasteiger partial charge in [0.2, 0.25) is 0 Å². The molecule has 2 heterocycles. The summed E-state index contributed by atoms with van der Waals surface area (Å²) < 4.78 is 7.07. The quantitative estimate of drug-likeness (QED) is 0.339. The molecule has 0 radical (unpaired) electrons. The maximum atomic E-state index is 13.2. The number of allylic oxidation sites excluding steroid dienone is 1. The predicted octanol–water partition coefficient (Wildman–Crippen LogP) is 4.82. The standard InChI is InChI=1S/C21H22N2O2S2/c1-3-11-23-20(24)18-16-9-4-5-10-17(16)27-19(18)22-21(23)26-13-14-7-6-8-15(12-14)25-2/h3,6-8,12H,1,4-5,9-11,13H2,2H3. The summed E-state index contributed by atoms with van der Waals surface area (Å²) in [6.45, 7) is 4.30. The molecule has 0 unspecified atom stereocenters. The smallest absolute Gasteiger partial charge is 0.263 e. The molecule has 3 aromatic rings. The molecule has 4 rings (SSSR count). The van der Waals surface area contributed by atoms with Gasteiger partial charge in [0.25, 0.3) is 5.56 Å². The van der Waals surface area contributed by atoms with Gasteiger partial charge in [0.15, 0.2) is 5.16 Å². The van der Waals surface area contributed by atoms with Crippen LogP contribution in [0.4, 0.5) is 0 Å². The number of nitrogens with zero attached hydrogens (tertiary/aromatic N) is 2. The topological polar surface area (TPSA) is 44.1 Å². The van der Waals surface area contributed by atoms with Crippen LogP contribution in [0.5, 0.6) is 5.75 Å². The van der Waals surface area contributed by atoms with Gasteiger partial charge in [-0.3, -0.25) is 9.36 Å². The Bertz CT molecular complexity index is 1050. The molecule has 1 aliphatic rings. The molecule has 2 aromatic heterocycles. The number of hydrogen-bond donors (Lipinski definition) is 0. The van der Waals surface area contributed by atoms with Crippen molar-refractivity contribution in [3.05, 3.63) is 63.3 Å². The molecular formula is C21H22N2O2S2. The monoisotopic (exact) mass is 398 g/mol. The van der Waals surface area contributed by atoms with E-state index >= 15 is 0 Å². The molecule has 27 heavy (non-hydrogen) atoms. The summed E-state index contributed by atoms with van der Waals surface area (Å²) in [6.07, 6.45) is 6.20. The van der Waals surface area contributed by atoms with E-state index in [-0.39, 0.29) is 5.56 Å². The van der Waals surface area contributed by atoms with Crippen LogP contribution in [0.25, 0.3) is 10.2 Å². The third kappa shape index (κ3) is 3.56. The third-order valence-electron chi connectivity index (χ3n) is 4.85. The summed E-state index contributed by atoms with van der Waals surface area (Å²) >= 11 is 3.29. The van der Waals surface area contributed by atoms with E-state index in [1.54, 1.807) is 40.9 Å². The van der Waals surface area contributed by atoms with Crippen molar-refractivity contribution in [3.8, 4) is 5.75 Å². The van der Waals surface area contributed by atoms with Crippen molar-refractivity contribution in [2.45, 2.75) is 43.1 Å². The van der Waals surface area contributed by atoms with Crippen molar-refractivity contribution in [1.29, 1.82) is 0 Å². The van der Waals surface area contributed by atoms with Gasteiger partial charge in [0.05, 0.1) is 12.5 Å². The molecule has 0 bridgehead atoms. The van der Waals surface area contributed by atoms with Crippen molar-refractivity contribution >= 4 is 33.3 Å². The maximum absolute atomic E-state index is 13.2. The second kappa shape index (κ2) is 7.90. The Balaban J connectivity index is 1.73. The van der Waals surface area contributed by atoms with Crippen LogP contribution in [0.3, 0.4) is 0 Å². The van der Waals surface area contributed by atoms with Gasteiger partial charge in [-0.05, 0) is 48.9 Å². The number of hydrogen-bond acceptors (Lipinski definition) is 5. The van der Waals surface area contributed by atoms with Crippen LogP contribution in [-0.2, 0) is 25.1 Å². The Labute approximate surface area is 166 Å². The van der Waals surface area contributed by atoms with Crippen LogP contribution in [0, 0.1) is 0 Å². The molecule has 0 spiro atoms.